The van der Waals surface area contributed by atoms with Gasteiger partial charge in [-0.15, -0.1) is 0 Å². The van der Waals surface area contributed by atoms with Crippen molar-refractivity contribution < 1.29 is 41.6 Å². The summed E-state index contributed by atoms with van der Waals surface area (Å²) in [5, 5.41) is 2.88. The van der Waals surface area contributed by atoms with Crippen molar-refractivity contribution in [3.8, 4) is 16.9 Å². The Labute approximate surface area is 225 Å². The van der Waals surface area contributed by atoms with Crippen molar-refractivity contribution in [2.75, 3.05) is 0 Å². The molecule has 4 heterocycles. The number of pyridine rings is 1. The number of halogens is 3. The Kier molecular flexibility index (Phi) is 6.04. The third-order valence-electron chi connectivity index (χ3n) is 7.09. The van der Waals surface area contributed by atoms with Gasteiger partial charge in [0.05, 0.1) is 28.8 Å². The van der Waals surface area contributed by atoms with E-state index in [0.29, 0.717) is 34.4 Å². The Bertz CT molecular complexity index is 1720. The van der Waals surface area contributed by atoms with Gasteiger partial charge in [0.2, 0.25) is 0 Å². The molecule has 3 N–H and O–H groups in total. The molecule has 0 radical (unpaired) electrons. The molecule has 14 heteroatoms. The Balaban J connectivity index is 1.46. The molecule has 208 valence electrons. The molecule has 4 aromatic rings. The largest absolute Gasteiger partial charge is 0.470 e. The second-order valence-corrected chi connectivity index (χ2v) is 11.2. The number of nitrogens with one attached hydrogen (secondary N) is 1. The van der Waals surface area contributed by atoms with Crippen molar-refractivity contribution in [2.45, 2.75) is 44.6 Å². The summed E-state index contributed by atoms with van der Waals surface area (Å²) < 4.78 is 64.6. The van der Waals surface area contributed by atoms with Crippen LogP contribution in [0, 0.1) is 5.82 Å². The number of phosphoric ester groups is 1. The summed E-state index contributed by atoms with van der Waals surface area (Å²) >= 11 is 0. The van der Waals surface area contributed by atoms with Gasteiger partial charge >= 0.3 is 14.4 Å². The van der Waals surface area contributed by atoms with Crippen LogP contribution in [0.3, 0.4) is 0 Å². The number of carbonyl (C=O) groups is 1. The Morgan fingerprint density at radius 1 is 1.18 bits per heavy atom. The summed E-state index contributed by atoms with van der Waals surface area (Å²) in [5.74, 6) is -0.694. The van der Waals surface area contributed by atoms with Crippen LogP contribution in [0.15, 0.2) is 48.7 Å². The Morgan fingerprint density at radius 2 is 1.95 bits per heavy atom. The summed E-state index contributed by atoms with van der Waals surface area (Å²) in [4.78, 5) is 40.1. The number of carbonyl (C=O) groups excluding carboxylic acids is 1. The number of nitrogens with zero attached hydrogens (tertiary/aromatic N) is 3. The average Bonchev–Trinajstić information content (AvgIpc) is 3.33. The highest BCUT2D eigenvalue weighted by molar-refractivity contribution is 7.46. The molecule has 2 aromatic heterocycles. The molecule has 2 atom stereocenters. The number of ether oxygens (including phenoxy) is 1. The van der Waals surface area contributed by atoms with Crippen LogP contribution in [0.25, 0.3) is 22.2 Å². The minimum absolute atomic E-state index is 0.120. The molecule has 2 aliphatic rings. The van der Waals surface area contributed by atoms with Crippen LogP contribution >= 0.6 is 7.82 Å². The first-order chi connectivity index (χ1) is 18.8. The van der Waals surface area contributed by atoms with E-state index < -0.39 is 43.8 Å². The van der Waals surface area contributed by atoms with Gasteiger partial charge in [0.15, 0.2) is 0 Å². The van der Waals surface area contributed by atoms with E-state index in [2.05, 4.69) is 15.3 Å². The smallest absolute Gasteiger partial charge is 0.434 e. The van der Waals surface area contributed by atoms with Crippen LogP contribution in [0.5, 0.6) is 5.75 Å². The van der Waals surface area contributed by atoms with Crippen LogP contribution in [-0.2, 0) is 14.7 Å². The molecule has 0 fully saturated rings. The lowest BCUT2D eigenvalue weighted by Gasteiger charge is -2.24. The molecule has 40 heavy (non-hydrogen) atoms. The molecule has 0 aliphatic carbocycles. The van der Waals surface area contributed by atoms with E-state index in [9.17, 15) is 27.9 Å². The third kappa shape index (κ3) is 4.44. The van der Waals surface area contributed by atoms with E-state index in [-0.39, 0.29) is 22.6 Å². The highest BCUT2D eigenvalue weighted by atomic mass is 31.2. The summed E-state index contributed by atoms with van der Waals surface area (Å²) in [6.45, 7) is -0.207. The van der Waals surface area contributed by atoms with E-state index in [1.807, 2.05) is 0 Å². The zero-order valence-corrected chi connectivity index (χ0v) is 21.9. The molecule has 0 saturated carbocycles. The van der Waals surface area contributed by atoms with E-state index in [0.717, 1.165) is 0 Å². The second kappa shape index (κ2) is 9.13. The fourth-order valence-corrected chi connectivity index (χ4v) is 6.20. The molecule has 10 nitrogen and oxygen atoms in total. The first kappa shape index (κ1) is 26.5. The van der Waals surface area contributed by atoms with Gasteiger partial charge in [-0.25, -0.2) is 13.9 Å². The third-order valence-corrected chi connectivity index (χ3v) is 7.79. The number of phosphoric acid groups is 1. The van der Waals surface area contributed by atoms with E-state index in [4.69, 9.17) is 9.26 Å². The molecule has 2 aromatic carbocycles. The van der Waals surface area contributed by atoms with Crippen LogP contribution in [0.4, 0.5) is 13.2 Å². The van der Waals surface area contributed by atoms with Gasteiger partial charge in [0.25, 0.3) is 5.91 Å². The summed E-state index contributed by atoms with van der Waals surface area (Å²) in [6, 6.07) is 9.13. The van der Waals surface area contributed by atoms with E-state index in [1.54, 1.807) is 22.8 Å². The number of amides is 1. The zero-order valence-electron chi connectivity index (χ0n) is 21.0. The lowest BCUT2D eigenvalue weighted by atomic mass is 9.97. The van der Waals surface area contributed by atoms with Gasteiger partial charge < -0.3 is 24.4 Å². The molecule has 0 unspecified atom stereocenters. The standard InChI is InChI=1S/C26H22F3N4O6P/c1-26(2,39-40(35,36)37)21-7-6-12(11-30-21)14-8-18-16(9-15(14)27)31-23-17-10-19(33(18)23)22-13(24(34)32-17)4-3-5-20(22)38-25(28)29/h3-9,11,17,19,25H,10H2,1-2H3,(H,32,34)(H2,35,36,37)/t17-,19+/m0/s1. The first-order valence-electron chi connectivity index (χ1n) is 12.2. The van der Waals surface area contributed by atoms with Gasteiger partial charge in [0.1, 0.15) is 23.0 Å². The number of hydrogen-bond acceptors (Lipinski definition) is 6. The van der Waals surface area contributed by atoms with Gasteiger partial charge in [-0.2, -0.15) is 8.78 Å². The predicted octanol–water partition coefficient (Wildman–Crippen LogP) is 4.96. The number of imidazole rings is 1. The first-order valence-corrected chi connectivity index (χ1v) is 13.7. The average molecular weight is 574 g/mol. The fourth-order valence-electron chi connectivity index (χ4n) is 5.51. The minimum atomic E-state index is -4.80. The molecule has 6 rings (SSSR count). The van der Waals surface area contributed by atoms with Gasteiger partial charge in [-0.3, -0.25) is 14.3 Å². The van der Waals surface area contributed by atoms with Gasteiger partial charge in [0, 0.05) is 34.5 Å². The number of aromatic nitrogens is 3. The van der Waals surface area contributed by atoms with Gasteiger partial charge in [-0.05, 0) is 44.5 Å². The lowest BCUT2D eigenvalue weighted by Crippen LogP contribution is -2.28. The molecule has 1 amide bonds. The maximum absolute atomic E-state index is 15.3. The number of hydrogen-bond donors (Lipinski definition) is 3. The predicted molar refractivity (Wildman–Crippen MR) is 135 cm³/mol. The van der Waals surface area contributed by atoms with Crippen molar-refractivity contribution >= 4 is 24.8 Å². The monoisotopic (exact) mass is 574 g/mol. The normalized spacial score (nSPS) is 18.4. The minimum Gasteiger partial charge on any atom is -0.434 e. The van der Waals surface area contributed by atoms with Crippen molar-refractivity contribution in [1.29, 1.82) is 0 Å². The van der Waals surface area contributed by atoms with Crippen molar-refractivity contribution in [2.24, 2.45) is 0 Å². The maximum Gasteiger partial charge on any atom is 0.470 e. The number of alkyl halides is 2. The van der Waals surface area contributed by atoms with E-state index >= 15 is 4.39 Å². The van der Waals surface area contributed by atoms with E-state index in [1.165, 1.54) is 44.3 Å². The van der Waals surface area contributed by atoms with Crippen LogP contribution < -0.4 is 10.1 Å². The highest BCUT2D eigenvalue weighted by Gasteiger charge is 2.42. The summed E-state index contributed by atoms with van der Waals surface area (Å²) in [7, 11) is -4.80. The summed E-state index contributed by atoms with van der Waals surface area (Å²) in [6.07, 6.45) is 1.71. The quantitative estimate of drug-likeness (QED) is 0.275. The zero-order chi connectivity index (χ0) is 28.6. The van der Waals surface area contributed by atoms with Gasteiger partial charge in [-0.1, -0.05) is 12.1 Å². The molecule has 0 spiro atoms. The van der Waals surface area contributed by atoms with Crippen molar-refractivity contribution in [3.63, 3.8) is 0 Å². The topological polar surface area (TPSA) is 136 Å². The van der Waals surface area contributed by atoms with Crippen LogP contribution in [0.2, 0.25) is 0 Å². The second-order valence-electron chi connectivity index (χ2n) is 10.1. The van der Waals surface area contributed by atoms with Crippen LogP contribution in [0.1, 0.15) is 59.8 Å². The lowest BCUT2D eigenvalue weighted by molar-refractivity contribution is -0.0507. The molecular formula is C26H22F3N4O6P. The van der Waals surface area contributed by atoms with Crippen molar-refractivity contribution in [1.82, 2.24) is 19.9 Å². The van der Waals surface area contributed by atoms with Crippen LogP contribution in [-0.4, -0.2) is 36.8 Å². The SMILES string of the molecule is CC(C)(OP(=O)(O)O)c1ccc(-c2cc3c(cc2F)nc2n3[C@@H]3C[C@@H]2NC(=O)c2cccc(OC(F)F)c23)cn1. The van der Waals surface area contributed by atoms with Crippen molar-refractivity contribution in [3.05, 3.63) is 77.1 Å². The molecule has 0 saturated heterocycles. The fraction of sp³-hybridized carbons (Fsp3) is 0.269. The Hall–Kier alpha value is -3.77. The Morgan fingerprint density at radius 3 is 2.62 bits per heavy atom. The molecule has 2 aliphatic heterocycles. The molecular weight excluding hydrogens is 552 g/mol. The number of rotatable bonds is 6. The number of fused-ring (bicyclic) bond motifs is 9. The highest BCUT2D eigenvalue weighted by Crippen LogP contribution is 2.48. The molecule has 2 bridgehead atoms. The maximum atomic E-state index is 15.3. The number of benzene rings is 2. The summed E-state index contributed by atoms with van der Waals surface area (Å²) in [5.41, 5.74) is 0.681.